The highest BCUT2D eigenvalue weighted by molar-refractivity contribution is 5.42. The van der Waals surface area contributed by atoms with Crippen LogP contribution in [0.2, 0.25) is 0 Å². The first-order valence-corrected chi connectivity index (χ1v) is 11.2. The van der Waals surface area contributed by atoms with E-state index in [-0.39, 0.29) is 11.5 Å². The summed E-state index contributed by atoms with van der Waals surface area (Å²) < 4.78 is 23.3. The third kappa shape index (κ3) is 6.07. The number of ether oxygens (including phenoxy) is 4. The summed E-state index contributed by atoms with van der Waals surface area (Å²) in [6.45, 7) is 0. The summed E-state index contributed by atoms with van der Waals surface area (Å²) in [6, 6.07) is 35.0. The Morgan fingerprint density at radius 2 is 0.389 bits per heavy atom. The zero-order valence-corrected chi connectivity index (χ0v) is 19.1. The highest BCUT2D eigenvalue weighted by atomic mass is 16.5. The Hall–Kier alpha value is -5.10. The van der Waals surface area contributed by atoms with Crippen LogP contribution >= 0.6 is 0 Å². The van der Waals surface area contributed by atoms with E-state index in [0.29, 0.717) is 46.0 Å². The van der Waals surface area contributed by atoms with Gasteiger partial charge in [-0.3, -0.25) is 0 Å². The topological polar surface area (TPSA) is 77.4 Å². The molecule has 0 radical (unpaired) electrons. The SMILES string of the molecule is Oc1ccc(Oc2ccc(Oc3ccc(Oc4ccc(Oc5ccc(O)cc5)cc4)cc3)cc2)cc1. The quantitative estimate of drug-likeness (QED) is 0.234. The molecule has 2 N–H and O–H groups in total. The number of aromatic hydroxyl groups is 2. The minimum atomic E-state index is 0.192. The normalized spacial score (nSPS) is 10.4. The summed E-state index contributed by atoms with van der Waals surface area (Å²) in [4.78, 5) is 0. The van der Waals surface area contributed by atoms with Crippen LogP contribution in [0.25, 0.3) is 0 Å². The third-order valence-electron chi connectivity index (χ3n) is 5.09. The molecule has 0 amide bonds. The Morgan fingerprint density at radius 1 is 0.250 bits per heavy atom. The van der Waals surface area contributed by atoms with Gasteiger partial charge < -0.3 is 29.2 Å². The van der Waals surface area contributed by atoms with Gasteiger partial charge in [-0.15, -0.1) is 0 Å². The van der Waals surface area contributed by atoms with Gasteiger partial charge in [-0.1, -0.05) is 0 Å². The molecule has 0 bridgehead atoms. The first-order chi connectivity index (χ1) is 17.6. The average Bonchev–Trinajstić information content (AvgIpc) is 2.90. The lowest BCUT2D eigenvalue weighted by Gasteiger charge is -2.10. The molecular weight excluding hydrogens is 456 g/mol. The van der Waals surface area contributed by atoms with Crippen LogP contribution in [0.15, 0.2) is 121 Å². The molecule has 0 saturated heterocycles. The van der Waals surface area contributed by atoms with Crippen molar-refractivity contribution in [2.24, 2.45) is 0 Å². The maximum absolute atomic E-state index is 9.36. The maximum atomic E-state index is 9.36. The average molecular weight is 479 g/mol. The van der Waals surface area contributed by atoms with E-state index in [1.807, 2.05) is 72.8 Å². The molecule has 5 aromatic carbocycles. The first-order valence-electron chi connectivity index (χ1n) is 11.2. The van der Waals surface area contributed by atoms with Gasteiger partial charge in [0.2, 0.25) is 0 Å². The van der Waals surface area contributed by atoms with Crippen LogP contribution < -0.4 is 18.9 Å². The van der Waals surface area contributed by atoms with E-state index >= 15 is 0 Å². The lowest BCUT2D eigenvalue weighted by molar-refractivity contribution is 0.457. The molecule has 178 valence electrons. The zero-order valence-electron chi connectivity index (χ0n) is 19.1. The van der Waals surface area contributed by atoms with Crippen LogP contribution in [-0.2, 0) is 0 Å². The van der Waals surface area contributed by atoms with Crippen molar-refractivity contribution in [1.82, 2.24) is 0 Å². The number of phenols is 2. The number of phenolic OH excluding ortho intramolecular Hbond substituents is 2. The molecule has 0 aliphatic rings. The smallest absolute Gasteiger partial charge is 0.127 e. The molecule has 0 saturated carbocycles. The van der Waals surface area contributed by atoms with E-state index in [4.69, 9.17) is 18.9 Å². The number of benzene rings is 5. The van der Waals surface area contributed by atoms with E-state index in [1.54, 1.807) is 48.5 Å². The van der Waals surface area contributed by atoms with Crippen molar-refractivity contribution in [3.05, 3.63) is 121 Å². The van der Waals surface area contributed by atoms with Crippen LogP contribution in [0.4, 0.5) is 0 Å². The molecule has 5 rings (SSSR count). The molecule has 0 unspecified atom stereocenters. The summed E-state index contributed by atoms with van der Waals surface area (Å²) in [5.74, 6) is 5.67. The summed E-state index contributed by atoms with van der Waals surface area (Å²) in [7, 11) is 0. The van der Waals surface area contributed by atoms with Crippen molar-refractivity contribution in [3.8, 4) is 57.5 Å². The van der Waals surface area contributed by atoms with E-state index in [0.717, 1.165) is 0 Å². The summed E-state index contributed by atoms with van der Waals surface area (Å²) in [5, 5.41) is 18.7. The van der Waals surface area contributed by atoms with Crippen molar-refractivity contribution < 1.29 is 29.2 Å². The van der Waals surface area contributed by atoms with E-state index in [2.05, 4.69) is 0 Å². The highest BCUT2D eigenvalue weighted by Crippen LogP contribution is 2.31. The van der Waals surface area contributed by atoms with Gasteiger partial charge in [-0.2, -0.15) is 0 Å². The Balaban J connectivity index is 1.14. The van der Waals surface area contributed by atoms with Crippen molar-refractivity contribution in [3.63, 3.8) is 0 Å². The van der Waals surface area contributed by atoms with Crippen molar-refractivity contribution in [2.45, 2.75) is 0 Å². The molecule has 6 heteroatoms. The van der Waals surface area contributed by atoms with Gasteiger partial charge in [0, 0.05) is 0 Å². The molecule has 0 spiro atoms. The molecule has 0 atom stereocenters. The van der Waals surface area contributed by atoms with Gasteiger partial charge in [0.25, 0.3) is 0 Å². The fourth-order valence-electron chi connectivity index (χ4n) is 3.30. The monoisotopic (exact) mass is 478 g/mol. The number of rotatable bonds is 8. The lowest BCUT2D eigenvalue weighted by Crippen LogP contribution is -1.88. The van der Waals surface area contributed by atoms with E-state index < -0.39 is 0 Å². The Morgan fingerprint density at radius 3 is 0.556 bits per heavy atom. The molecule has 0 aliphatic carbocycles. The molecule has 0 fully saturated rings. The molecule has 36 heavy (non-hydrogen) atoms. The van der Waals surface area contributed by atoms with Gasteiger partial charge in [0.15, 0.2) is 0 Å². The van der Waals surface area contributed by atoms with Crippen molar-refractivity contribution in [2.75, 3.05) is 0 Å². The van der Waals surface area contributed by atoms with Gasteiger partial charge in [0.1, 0.15) is 57.5 Å². The minimum Gasteiger partial charge on any atom is -0.508 e. The first kappa shape index (κ1) is 22.7. The maximum Gasteiger partial charge on any atom is 0.127 e. The van der Waals surface area contributed by atoms with Crippen LogP contribution in [0.3, 0.4) is 0 Å². The molecular formula is C30H22O6. The highest BCUT2D eigenvalue weighted by Gasteiger charge is 2.04. The van der Waals surface area contributed by atoms with Crippen molar-refractivity contribution in [1.29, 1.82) is 0 Å². The van der Waals surface area contributed by atoms with Crippen LogP contribution in [-0.4, -0.2) is 10.2 Å². The summed E-state index contributed by atoms with van der Waals surface area (Å²) >= 11 is 0. The van der Waals surface area contributed by atoms with Crippen molar-refractivity contribution >= 4 is 0 Å². The lowest BCUT2D eigenvalue weighted by atomic mass is 10.3. The predicted molar refractivity (Wildman–Crippen MR) is 136 cm³/mol. The number of hydrogen-bond donors (Lipinski definition) is 2. The fourth-order valence-corrected chi connectivity index (χ4v) is 3.30. The van der Waals surface area contributed by atoms with Gasteiger partial charge in [0.05, 0.1) is 0 Å². The van der Waals surface area contributed by atoms with E-state index in [1.165, 1.54) is 0 Å². The summed E-state index contributed by atoms with van der Waals surface area (Å²) in [5.41, 5.74) is 0. The Kier molecular flexibility index (Phi) is 6.58. The second kappa shape index (κ2) is 10.4. The van der Waals surface area contributed by atoms with Crippen LogP contribution in [0, 0.1) is 0 Å². The third-order valence-corrected chi connectivity index (χ3v) is 5.09. The zero-order chi connectivity index (χ0) is 24.7. The van der Waals surface area contributed by atoms with Gasteiger partial charge >= 0.3 is 0 Å². The van der Waals surface area contributed by atoms with Crippen LogP contribution in [0.5, 0.6) is 57.5 Å². The van der Waals surface area contributed by atoms with Gasteiger partial charge in [-0.05, 0) is 121 Å². The van der Waals surface area contributed by atoms with Gasteiger partial charge in [-0.25, -0.2) is 0 Å². The standard InChI is InChI=1S/C30H22O6/c31-21-1-5-23(6-2-21)33-25-9-13-27(14-10-25)35-29-17-19-30(20-18-29)36-28-15-11-26(12-16-28)34-24-7-3-22(32)4-8-24/h1-20,31-32H. The van der Waals surface area contributed by atoms with Crippen LogP contribution in [0.1, 0.15) is 0 Å². The Labute approximate surface area is 208 Å². The largest absolute Gasteiger partial charge is 0.508 e. The molecule has 5 aromatic rings. The molecule has 0 aromatic heterocycles. The second-order valence-corrected chi connectivity index (χ2v) is 7.81. The summed E-state index contributed by atoms with van der Waals surface area (Å²) in [6.07, 6.45) is 0. The number of hydrogen-bond acceptors (Lipinski definition) is 6. The fraction of sp³-hybridized carbons (Fsp3) is 0. The predicted octanol–water partition coefficient (Wildman–Crippen LogP) is 8.27. The molecule has 0 heterocycles. The molecule has 6 nitrogen and oxygen atoms in total. The Bertz CT molecular complexity index is 1280. The second-order valence-electron chi connectivity index (χ2n) is 7.81. The molecule has 0 aliphatic heterocycles. The minimum absolute atomic E-state index is 0.192. The van der Waals surface area contributed by atoms with E-state index in [9.17, 15) is 10.2 Å².